The first-order valence-electron chi connectivity index (χ1n) is 8.89. The minimum Gasteiger partial charge on any atom is -0.466 e. The molecule has 0 spiro atoms. The summed E-state index contributed by atoms with van der Waals surface area (Å²) < 4.78 is 6.47. The van der Waals surface area contributed by atoms with Crippen LogP contribution < -0.4 is 5.32 Å². The van der Waals surface area contributed by atoms with E-state index < -0.39 is 0 Å². The van der Waals surface area contributed by atoms with Crippen molar-refractivity contribution in [3.63, 3.8) is 0 Å². The number of hydrogen-bond donors (Lipinski definition) is 1. The molecule has 0 unspecified atom stereocenters. The number of ether oxygens (including phenoxy) is 1. The van der Waals surface area contributed by atoms with Gasteiger partial charge in [0.25, 0.3) is 5.91 Å². The molecule has 0 saturated heterocycles. The summed E-state index contributed by atoms with van der Waals surface area (Å²) in [5, 5.41) is 2.75. The van der Waals surface area contributed by atoms with E-state index in [9.17, 15) is 9.59 Å². The highest BCUT2D eigenvalue weighted by Gasteiger charge is 2.11. The Kier molecular flexibility index (Phi) is 7.95. The SMILES string of the molecule is CCOC(=O)CC.Cn1c(CCl)nc2cc(C(=O)Nc3ccccn3)ccc21. The van der Waals surface area contributed by atoms with E-state index >= 15 is 0 Å². The molecule has 0 saturated carbocycles. The first kappa shape index (κ1) is 21.4. The lowest BCUT2D eigenvalue weighted by Crippen LogP contribution is -2.12. The molecule has 0 bridgehead atoms. The Morgan fingerprint density at radius 2 is 2.00 bits per heavy atom. The zero-order valence-corrected chi connectivity index (χ0v) is 16.9. The fourth-order valence-corrected chi connectivity index (χ4v) is 2.64. The van der Waals surface area contributed by atoms with Crippen molar-refractivity contribution in [2.45, 2.75) is 26.1 Å². The summed E-state index contributed by atoms with van der Waals surface area (Å²) in [7, 11) is 1.90. The third-order valence-corrected chi connectivity index (χ3v) is 4.09. The third kappa shape index (κ3) is 5.53. The highest BCUT2D eigenvalue weighted by Crippen LogP contribution is 2.18. The van der Waals surface area contributed by atoms with Gasteiger partial charge < -0.3 is 14.6 Å². The van der Waals surface area contributed by atoms with Crippen molar-refractivity contribution in [3.05, 3.63) is 54.0 Å². The minimum absolute atomic E-state index is 0.123. The second-order valence-corrected chi connectivity index (χ2v) is 6.02. The summed E-state index contributed by atoms with van der Waals surface area (Å²) in [6.07, 6.45) is 2.11. The number of nitrogens with one attached hydrogen (secondary N) is 1. The van der Waals surface area contributed by atoms with Crippen LogP contribution in [0.1, 0.15) is 36.5 Å². The van der Waals surface area contributed by atoms with Crippen LogP contribution in [0.2, 0.25) is 0 Å². The van der Waals surface area contributed by atoms with E-state index in [4.69, 9.17) is 11.6 Å². The second-order valence-electron chi connectivity index (χ2n) is 5.75. The topological polar surface area (TPSA) is 86.1 Å². The fourth-order valence-electron chi connectivity index (χ4n) is 2.40. The van der Waals surface area contributed by atoms with Crippen LogP contribution in [0.15, 0.2) is 42.6 Å². The van der Waals surface area contributed by atoms with Gasteiger partial charge in [-0.05, 0) is 37.3 Å². The number of fused-ring (bicyclic) bond motifs is 1. The van der Waals surface area contributed by atoms with Gasteiger partial charge in [0, 0.05) is 25.2 Å². The van der Waals surface area contributed by atoms with Crippen LogP contribution in [-0.2, 0) is 22.5 Å². The molecule has 0 aliphatic rings. The van der Waals surface area contributed by atoms with Crippen LogP contribution in [0.3, 0.4) is 0 Å². The molecule has 0 atom stereocenters. The predicted molar refractivity (Wildman–Crippen MR) is 109 cm³/mol. The van der Waals surface area contributed by atoms with E-state index in [-0.39, 0.29) is 11.9 Å². The molecule has 1 amide bonds. The van der Waals surface area contributed by atoms with Gasteiger partial charge in [-0.25, -0.2) is 9.97 Å². The van der Waals surface area contributed by atoms with E-state index in [0.717, 1.165) is 16.9 Å². The van der Waals surface area contributed by atoms with Gasteiger partial charge in [-0.1, -0.05) is 13.0 Å². The molecule has 8 heteroatoms. The van der Waals surface area contributed by atoms with E-state index in [1.54, 1.807) is 44.3 Å². The molecule has 2 aromatic heterocycles. The summed E-state index contributed by atoms with van der Waals surface area (Å²) >= 11 is 5.84. The summed E-state index contributed by atoms with van der Waals surface area (Å²) in [5.41, 5.74) is 2.23. The number of rotatable bonds is 5. The number of aromatic nitrogens is 3. The number of benzene rings is 1. The zero-order valence-electron chi connectivity index (χ0n) is 16.1. The van der Waals surface area contributed by atoms with Gasteiger partial charge in [-0.3, -0.25) is 9.59 Å². The molecule has 148 valence electrons. The number of carbonyl (C=O) groups excluding carboxylic acids is 2. The van der Waals surface area contributed by atoms with Crippen LogP contribution in [-0.4, -0.2) is 33.0 Å². The number of halogens is 1. The molecule has 0 aliphatic heterocycles. The highest BCUT2D eigenvalue weighted by molar-refractivity contribution is 6.17. The maximum Gasteiger partial charge on any atom is 0.305 e. The number of amides is 1. The lowest BCUT2D eigenvalue weighted by Gasteiger charge is -2.04. The van der Waals surface area contributed by atoms with E-state index in [0.29, 0.717) is 30.3 Å². The Hall–Kier alpha value is -2.93. The molecule has 1 aromatic carbocycles. The second kappa shape index (κ2) is 10.4. The van der Waals surface area contributed by atoms with Crippen LogP contribution in [0.5, 0.6) is 0 Å². The summed E-state index contributed by atoms with van der Waals surface area (Å²) in [4.78, 5) is 30.9. The predicted octanol–water partition coefficient (Wildman–Crippen LogP) is 3.92. The van der Waals surface area contributed by atoms with Crippen molar-refractivity contribution in [1.29, 1.82) is 0 Å². The standard InChI is InChI=1S/C15H13ClN4O.C5H10O2/c1-20-12-6-5-10(8-11(12)18-14(20)9-16)15(21)19-13-4-2-3-7-17-13;1-3-5(6)7-4-2/h2-8H,9H2,1H3,(H,17,19,21);3-4H2,1-2H3. The number of alkyl halides is 1. The maximum absolute atomic E-state index is 12.2. The molecule has 1 N–H and O–H groups in total. The van der Waals surface area contributed by atoms with E-state index in [2.05, 4.69) is 20.0 Å². The largest absolute Gasteiger partial charge is 0.466 e. The summed E-state index contributed by atoms with van der Waals surface area (Å²) in [6.45, 7) is 4.07. The van der Waals surface area contributed by atoms with Gasteiger partial charge in [-0.2, -0.15) is 0 Å². The lowest BCUT2D eigenvalue weighted by atomic mass is 10.2. The highest BCUT2D eigenvalue weighted by atomic mass is 35.5. The normalized spacial score (nSPS) is 10.1. The van der Waals surface area contributed by atoms with Gasteiger partial charge in [0.05, 0.1) is 23.5 Å². The Morgan fingerprint density at radius 3 is 2.57 bits per heavy atom. The molecular formula is C20H23ClN4O3. The number of imidazole rings is 1. The monoisotopic (exact) mass is 402 g/mol. The average molecular weight is 403 g/mol. The summed E-state index contributed by atoms with van der Waals surface area (Å²) in [6, 6.07) is 10.7. The smallest absolute Gasteiger partial charge is 0.305 e. The van der Waals surface area contributed by atoms with E-state index in [1.807, 2.05) is 23.7 Å². The van der Waals surface area contributed by atoms with Crippen molar-refractivity contribution in [1.82, 2.24) is 14.5 Å². The zero-order chi connectivity index (χ0) is 20.5. The molecule has 0 fully saturated rings. The lowest BCUT2D eigenvalue weighted by molar-refractivity contribution is -0.142. The quantitative estimate of drug-likeness (QED) is 0.516. The molecular weight excluding hydrogens is 380 g/mol. The Balaban J connectivity index is 0.000000345. The van der Waals surface area contributed by atoms with E-state index in [1.165, 1.54) is 0 Å². The first-order valence-corrected chi connectivity index (χ1v) is 9.42. The molecule has 7 nitrogen and oxygen atoms in total. The number of hydrogen-bond acceptors (Lipinski definition) is 5. The number of nitrogens with zero attached hydrogens (tertiary/aromatic N) is 3. The molecule has 3 aromatic rings. The van der Waals surface area contributed by atoms with Crippen molar-refractivity contribution < 1.29 is 14.3 Å². The molecule has 0 radical (unpaired) electrons. The number of esters is 1. The number of carbonyl (C=O) groups is 2. The van der Waals surface area contributed by atoms with Crippen molar-refractivity contribution in [3.8, 4) is 0 Å². The van der Waals surface area contributed by atoms with Gasteiger partial charge in [-0.15, -0.1) is 11.6 Å². The van der Waals surface area contributed by atoms with Gasteiger partial charge >= 0.3 is 5.97 Å². The van der Waals surface area contributed by atoms with Crippen molar-refractivity contribution >= 4 is 40.3 Å². The van der Waals surface area contributed by atoms with Gasteiger partial charge in [0.2, 0.25) is 0 Å². The van der Waals surface area contributed by atoms with Crippen LogP contribution in [0.4, 0.5) is 5.82 Å². The van der Waals surface area contributed by atoms with Gasteiger partial charge in [0.15, 0.2) is 0 Å². The third-order valence-electron chi connectivity index (χ3n) is 3.86. The van der Waals surface area contributed by atoms with Gasteiger partial charge in [0.1, 0.15) is 11.6 Å². The number of anilines is 1. The number of aryl methyl sites for hydroxylation is 1. The van der Waals surface area contributed by atoms with Crippen LogP contribution in [0.25, 0.3) is 11.0 Å². The van der Waals surface area contributed by atoms with Crippen LogP contribution >= 0.6 is 11.6 Å². The molecule has 28 heavy (non-hydrogen) atoms. The molecule has 2 heterocycles. The van der Waals surface area contributed by atoms with Crippen LogP contribution in [0, 0.1) is 0 Å². The fraction of sp³-hybridized carbons (Fsp3) is 0.300. The van der Waals surface area contributed by atoms with Crippen molar-refractivity contribution in [2.75, 3.05) is 11.9 Å². The minimum atomic E-state index is -0.214. The summed E-state index contributed by atoms with van der Waals surface area (Å²) in [5.74, 6) is 1.29. The molecule has 0 aliphatic carbocycles. The number of pyridine rings is 1. The molecule has 3 rings (SSSR count). The maximum atomic E-state index is 12.2. The Morgan fingerprint density at radius 1 is 1.21 bits per heavy atom. The van der Waals surface area contributed by atoms with Crippen molar-refractivity contribution in [2.24, 2.45) is 7.05 Å². The average Bonchev–Trinajstić information content (AvgIpc) is 3.04. The Labute approximate surface area is 168 Å². The Bertz CT molecular complexity index is 941. The first-order chi connectivity index (χ1) is 13.5.